The molecule has 0 spiro atoms. The van der Waals surface area contributed by atoms with E-state index in [2.05, 4.69) is 9.93 Å². The Labute approximate surface area is 157 Å². The van der Waals surface area contributed by atoms with Crippen LogP contribution in [0.4, 0.5) is 0 Å². The molecule has 0 saturated heterocycles. The zero-order chi connectivity index (χ0) is 18.8. The maximum absolute atomic E-state index is 12.3. The molecule has 0 bridgehead atoms. The summed E-state index contributed by atoms with van der Waals surface area (Å²) in [6, 6.07) is 9.41. The smallest absolute Gasteiger partial charge is 0.276 e. The van der Waals surface area contributed by atoms with E-state index in [4.69, 9.17) is 23.2 Å². The zero-order valence-electron chi connectivity index (χ0n) is 13.9. The van der Waals surface area contributed by atoms with Crippen LogP contribution >= 0.6 is 23.2 Å². The number of hydrogen-bond donors (Lipinski definition) is 2. The van der Waals surface area contributed by atoms with Crippen molar-refractivity contribution in [3.63, 3.8) is 0 Å². The number of aromatic hydroxyl groups is 1. The summed E-state index contributed by atoms with van der Waals surface area (Å²) in [5.41, 5.74) is 1.51. The molecule has 0 aliphatic rings. The summed E-state index contributed by atoms with van der Waals surface area (Å²) in [5, 5.41) is 14.2. The summed E-state index contributed by atoms with van der Waals surface area (Å²) >= 11 is 11.8. The van der Waals surface area contributed by atoms with E-state index in [0.717, 1.165) is 5.56 Å². The maximum atomic E-state index is 12.3. The Hall–Kier alpha value is -1.76. The van der Waals surface area contributed by atoms with Crippen LogP contribution in [0.2, 0.25) is 10.0 Å². The van der Waals surface area contributed by atoms with Crippen LogP contribution in [0.15, 0.2) is 46.4 Å². The van der Waals surface area contributed by atoms with Gasteiger partial charge in [0, 0.05) is 10.6 Å². The molecule has 25 heavy (non-hydrogen) atoms. The first-order valence-corrected chi connectivity index (χ1v) is 9.70. The number of benzene rings is 2. The topological polar surface area (TPSA) is 78.8 Å². The van der Waals surface area contributed by atoms with Gasteiger partial charge in [0.25, 0.3) is 10.0 Å². The van der Waals surface area contributed by atoms with Gasteiger partial charge in [-0.25, -0.2) is 0 Å². The van der Waals surface area contributed by atoms with Gasteiger partial charge in [0.1, 0.15) is 5.75 Å². The SMILES string of the molecule is C/C(=N/NS(=O)(=O)c1ccc(C(C)C)cc1)c1cc(Cl)cc(Cl)c1O. The molecule has 0 atom stereocenters. The molecule has 0 aromatic heterocycles. The normalized spacial score (nSPS) is 12.5. The Morgan fingerprint density at radius 1 is 1.16 bits per heavy atom. The molecule has 0 heterocycles. The molecule has 0 saturated carbocycles. The second kappa shape index (κ2) is 7.64. The van der Waals surface area contributed by atoms with Crippen LogP contribution in [0.1, 0.15) is 37.8 Å². The van der Waals surface area contributed by atoms with Gasteiger partial charge in [-0.05, 0) is 42.7 Å². The van der Waals surface area contributed by atoms with E-state index in [1.807, 2.05) is 13.8 Å². The van der Waals surface area contributed by atoms with Crippen LogP contribution in [0.5, 0.6) is 5.75 Å². The Morgan fingerprint density at radius 2 is 1.76 bits per heavy atom. The molecule has 0 aliphatic heterocycles. The monoisotopic (exact) mass is 400 g/mol. The zero-order valence-corrected chi connectivity index (χ0v) is 16.2. The van der Waals surface area contributed by atoms with Crippen molar-refractivity contribution in [2.75, 3.05) is 0 Å². The van der Waals surface area contributed by atoms with Crippen molar-refractivity contribution in [2.45, 2.75) is 31.6 Å². The van der Waals surface area contributed by atoms with Gasteiger partial charge in [0.15, 0.2) is 0 Å². The molecular formula is C17H18Cl2N2O3S. The van der Waals surface area contributed by atoms with E-state index in [1.165, 1.54) is 31.2 Å². The van der Waals surface area contributed by atoms with Gasteiger partial charge in [0.2, 0.25) is 0 Å². The molecule has 8 heteroatoms. The van der Waals surface area contributed by atoms with Gasteiger partial charge in [-0.1, -0.05) is 49.2 Å². The minimum Gasteiger partial charge on any atom is -0.506 e. The minimum absolute atomic E-state index is 0.0594. The predicted octanol–water partition coefficient (Wildman–Crippen LogP) is 4.52. The summed E-state index contributed by atoms with van der Waals surface area (Å²) < 4.78 is 24.7. The number of hydrazone groups is 1. The number of phenols is 1. The Bertz CT molecular complexity index is 908. The van der Waals surface area contributed by atoms with Crippen molar-refractivity contribution in [3.05, 3.63) is 57.6 Å². The number of nitrogens with zero attached hydrogens (tertiary/aromatic N) is 1. The minimum atomic E-state index is -3.82. The second-order valence-corrected chi connectivity index (χ2v) is 8.30. The molecule has 134 valence electrons. The predicted molar refractivity (Wildman–Crippen MR) is 101 cm³/mol. The lowest BCUT2D eigenvalue weighted by Gasteiger charge is -2.09. The van der Waals surface area contributed by atoms with E-state index in [0.29, 0.717) is 10.9 Å². The van der Waals surface area contributed by atoms with Gasteiger partial charge in [0.05, 0.1) is 15.6 Å². The van der Waals surface area contributed by atoms with Crippen molar-refractivity contribution in [1.82, 2.24) is 4.83 Å². The highest BCUT2D eigenvalue weighted by molar-refractivity contribution is 7.89. The van der Waals surface area contributed by atoms with Gasteiger partial charge >= 0.3 is 0 Å². The fourth-order valence-corrected chi connectivity index (χ4v) is 3.47. The van der Waals surface area contributed by atoms with Crippen LogP contribution in [0.3, 0.4) is 0 Å². The Kier molecular flexibility index (Phi) is 5.98. The maximum Gasteiger partial charge on any atom is 0.276 e. The van der Waals surface area contributed by atoms with Gasteiger partial charge in [-0.2, -0.15) is 18.4 Å². The van der Waals surface area contributed by atoms with Crippen molar-refractivity contribution in [1.29, 1.82) is 0 Å². The molecule has 0 unspecified atom stereocenters. The number of hydrogen-bond acceptors (Lipinski definition) is 4. The molecule has 0 radical (unpaired) electrons. The summed E-state index contributed by atoms with van der Waals surface area (Å²) in [7, 11) is -3.82. The third-order valence-corrected chi connectivity index (χ3v) is 5.34. The van der Waals surface area contributed by atoms with Crippen molar-refractivity contribution < 1.29 is 13.5 Å². The quantitative estimate of drug-likeness (QED) is 0.571. The Morgan fingerprint density at radius 3 is 2.32 bits per heavy atom. The van der Waals surface area contributed by atoms with E-state index in [9.17, 15) is 13.5 Å². The second-order valence-electron chi connectivity index (χ2n) is 5.80. The average molecular weight is 401 g/mol. The fraction of sp³-hybridized carbons (Fsp3) is 0.235. The van der Waals surface area contributed by atoms with Crippen LogP contribution in [-0.2, 0) is 10.0 Å². The molecule has 0 aliphatic carbocycles. The molecule has 2 aromatic rings. The number of phenolic OH excluding ortho intramolecular Hbond substituents is 1. The standard InChI is InChI=1S/C17H18Cl2N2O3S/c1-10(2)12-4-6-14(7-5-12)25(23,24)21-20-11(3)15-8-13(18)9-16(19)17(15)22/h4-10,21-22H,1-3H3/b20-11-. The van der Waals surface area contributed by atoms with E-state index in [1.54, 1.807) is 12.1 Å². The molecule has 2 aromatic carbocycles. The number of rotatable bonds is 5. The lowest BCUT2D eigenvalue weighted by Crippen LogP contribution is -2.20. The van der Waals surface area contributed by atoms with E-state index < -0.39 is 10.0 Å². The van der Waals surface area contributed by atoms with Gasteiger partial charge in [-0.15, -0.1) is 0 Å². The molecule has 0 amide bonds. The van der Waals surface area contributed by atoms with Crippen molar-refractivity contribution >= 4 is 38.9 Å². The number of nitrogens with one attached hydrogen (secondary N) is 1. The molecule has 2 N–H and O–H groups in total. The first kappa shape index (κ1) is 19.6. The summed E-state index contributed by atoms with van der Waals surface area (Å²) in [6.45, 7) is 5.59. The van der Waals surface area contributed by atoms with Crippen LogP contribution in [0, 0.1) is 0 Å². The molecular weight excluding hydrogens is 383 g/mol. The first-order valence-electron chi connectivity index (χ1n) is 7.46. The van der Waals surface area contributed by atoms with Crippen molar-refractivity contribution in [2.24, 2.45) is 5.10 Å². The van der Waals surface area contributed by atoms with E-state index in [-0.39, 0.29) is 26.9 Å². The highest BCUT2D eigenvalue weighted by atomic mass is 35.5. The van der Waals surface area contributed by atoms with Crippen molar-refractivity contribution in [3.8, 4) is 5.75 Å². The highest BCUT2D eigenvalue weighted by Crippen LogP contribution is 2.31. The Balaban J connectivity index is 2.27. The van der Waals surface area contributed by atoms with Crippen LogP contribution < -0.4 is 4.83 Å². The molecule has 2 rings (SSSR count). The first-order chi connectivity index (χ1) is 11.6. The largest absolute Gasteiger partial charge is 0.506 e. The molecule has 5 nitrogen and oxygen atoms in total. The fourth-order valence-electron chi connectivity index (χ4n) is 2.12. The van der Waals surface area contributed by atoms with Crippen LogP contribution in [-0.4, -0.2) is 19.2 Å². The van der Waals surface area contributed by atoms with Gasteiger partial charge in [-0.3, -0.25) is 0 Å². The van der Waals surface area contributed by atoms with E-state index >= 15 is 0 Å². The third-order valence-electron chi connectivity index (χ3n) is 3.61. The third kappa shape index (κ3) is 4.66. The summed E-state index contributed by atoms with van der Waals surface area (Å²) in [6.07, 6.45) is 0. The number of sulfonamides is 1. The number of halogens is 2. The lowest BCUT2D eigenvalue weighted by molar-refractivity contribution is 0.474. The van der Waals surface area contributed by atoms with Crippen LogP contribution in [0.25, 0.3) is 0 Å². The molecule has 0 fully saturated rings. The summed E-state index contributed by atoms with van der Waals surface area (Å²) in [4.78, 5) is 2.25. The average Bonchev–Trinajstić information content (AvgIpc) is 2.56. The summed E-state index contributed by atoms with van der Waals surface area (Å²) in [5.74, 6) is 0.0910. The lowest BCUT2D eigenvalue weighted by atomic mass is 10.0. The highest BCUT2D eigenvalue weighted by Gasteiger charge is 2.15. The van der Waals surface area contributed by atoms with Gasteiger partial charge < -0.3 is 5.11 Å².